The molecular formula is C20H21F4N5O2. The summed E-state index contributed by atoms with van der Waals surface area (Å²) < 4.78 is 57.1. The van der Waals surface area contributed by atoms with Gasteiger partial charge in [-0.05, 0) is 44.1 Å². The molecule has 166 valence electrons. The second-order valence-corrected chi connectivity index (χ2v) is 7.36. The molecule has 0 amide bonds. The van der Waals surface area contributed by atoms with Gasteiger partial charge in [0, 0.05) is 30.4 Å². The van der Waals surface area contributed by atoms with Gasteiger partial charge in [0.05, 0.1) is 0 Å². The minimum Gasteiger partial charge on any atom is -0.507 e. The first-order valence-corrected chi connectivity index (χ1v) is 9.86. The molecule has 11 heteroatoms. The molecule has 7 nitrogen and oxygen atoms in total. The van der Waals surface area contributed by atoms with E-state index in [2.05, 4.69) is 32.1 Å². The molecule has 1 saturated heterocycles. The molecule has 3 aromatic rings. The van der Waals surface area contributed by atoms with Gasteiger partial charge in [-0.3, -0.25) is 4.40 Å². The van der Waals surface area contributed by atoms with Gasteiger partial charge in [0.15, 0.2) is 5.82 Å². The average Bonchev–Trinajstić information content (AvgIpc) is 3.10. The smallest absolute Gasteiger partial charge is 0.507 e. The zero-order valence-electron chi connectivity index (χ0n) is 16.7. The van der Waals surface area contributed by atoms with Crippen LogP contribution < -0.4 is 10.1 Å². The lowest BCUT2D eigenvalue weighted by molar-refractivity contribution is -0.274. The molecule has 1 fully saturated rings. The number of benzene rings is 1. The van der Waals surface area contributed by atoms with Gasteiger partial charge >= 0.3 is 6.36 Å². The topological polar surface area (TPSA) is 74.9 Å². The van der Waals surface area contributed by atoms with Crippen LogP contribution in [0.3, 0.4) is 0 Å². The van der Waals surface area contributed by atoms with Crippen LogP contribution in [0.25, 0.3) is 16.8 Å². The van der Waals surface area contributed by atoms with Gasteiger partial charge in [-0.15, -0.1) is 23.4 Å². The molecule has 4 rings (SSSR count). The lowest BCUT2D eigenvalue weighted by Gasteiger charge is -2.32. The standard InChI is InChI=1S/C20H21F4N5O2/c1-2-28-8-3-4-12(11-28)25-19-27-26-17(18-15(21)7-9-29(18)19)14-6-5-13(10-16(14)30)31-20(22,23)24/h5-7,9-10,12,30H,2-4,8,11H2,1H3,(H,25,27)/t12-/m1/s1. The van der Waals surface area contributed by atoms with Crippen LogP contribution in [0.2, 0.25) is 0 Å². The molecule has 0 radical (unpaired) electrons. The maximum atomic E-state index is 14.6. The number of alkyl halides is 3. The van der Waals surface area contributed by atoms with Crippen molar-refractivity contribution in [1.29, 1.82) is 0 Å². The minimum atomic E-state index is -4.89. The SMILES string of the molecule is CCN1CCC[C@@H](Nc2nnc(-c3ccc(OC(F)(F)F)cc3O)c3c(F)ccn23)C1. The van der Waals surface area contributed by atoms with Crippen LogP contribution in [-0.2, 0) is 0 Å². The number of nitrogens with one attached hydrogen (secondary N) is 1. The van der Waals surface area contributed by atoms with Crippen LogP contribution in [0.1, 0.15) is 19.8 Å². The summed E-state index contributed by atoms with van der Waals surface area (Å²) in [6, 6.07) is 4.37. The van der Waals surface area contributed by atoms with E-state index in [-0.39, 0.29) is 22.8 Å². The lowest BCUT2D eigenvalue weighted by atomic mass is 10.1. The number of aromatic hydroxyl groups is 1. The Morgan fingerprint density at radius 1 is 1.26 bits per heavy atom. The molecule has 1 aliphatic heterocycles. The molecule has 2 aromatic heterocycles. The van der Waals surface area contributed by atoms with Crippen LogP contribution in [0.4, 0.5) is 23.5 Å². The van der Waals surface area contributed by atoms with E-state index in [4.69, 9.17) is 0 Å². The monoisotopic (exact) mass is 439 g/mol. The number of ether oxygens (including phenoxy) is 1. The van der Waals surface area contributed by atoms with E-state index in [0.717, 1.165) is 44.6 Å². The largest absolute Gasteiger partial charge is 0.573 e. The predicted molar refractivity (Wildman–Crippen MR) is 105 cm³/mol. The summed E-state index contributed by atoms with van der Waals surface area (Å²) in [4.78, 5) is 2.30. The van der Waals surface area contributed by atoms with Crippen molar-refractivity contribution in [1.82, 2.24) is 19.5 Å². The number of phenolic OH excluding ortho intramolecular Hbond substituents is 1. The third kappa shape index (κ3) is 4.50. The number of halogens is 4. The van der Waals surface area contributed by atoms with E-state index >= 15 is 0 Å². The molecule has 0 saturated carbocycles. The molecule has 0 spiro atoms. The second kappa shape index (κ2) is 8.22. The maximum absolute atomic E-state index is 14.6. The van der Waals surface area contributed by atoms with Gasteiger partial charge in [0.2, 0.25) is 5.95 Å². The Labute approximate surface area is 175 Å². The van der Waals surface area contributed by atoms with Crippen molar-refractivity contribution in [2.45, 2.75) is 32.2 Å². The van der Waals surface area contributed by atoms with Crippen molar-refractivity contribution < 1.29 is 27.4 Å². The van der Waals surface area contributed by atoms with Crippen molar-refractivity contribution >= 4 is 11.5 Å². The van der Waals surface area contributed by atoms with Crippen molar-refractivity contribution in [3.05, 3.63) is 36.3 Å². The fourth-order valence-electron chi connectivity index (χ4n) is 3.84. The summed E-state index contributed by atoms with van der Waals surface area (Å²) in [5.74, 6) is -1.38. The highest BCUT2D eigenvalue weighted by molar-refractivity contribution is 5.82. The highest BCUT2D eigenvalue weighted by Crippen LogP contribution is 2.36. The molecule has 0 aliphatic carbocycles. The quantitative estimate of drug-likeness (QED) is 0.585. The summed E-state index contributed by atoms with van der Waals surface area (Å²) in [6.45, 7) is 4.88. The number of anilines is 1. The Kier molecular flexibility index (Phi) is 5.61. The van der Waals surface area contributed by atoms with Crippen molar-refractivity contribution in [2.75, 3.05) is 25.0 Å². The van der Waals surface area contributed by atoms with Crippen LogP contribution in [0.15, 0.2) is 30.5 Å². The first-order chi connectivity index (χ1) is 14.7. The van der Waals surface area contributed by atoms with Crippen LogP contribution >= 0.6 is 0 Å². The molecule has 1 aliphatic rings. The first kappa shape index (κ1) is 21.2. The molecule has 2 N–H and O–H groups in total. The number of phenols is 1. The summed E-state index contributed by atoms with van der Waals surface area (Å²) >= 11 is 0. The van der Waals surface area contributed by atoms with E-state index in [9.17, 15) is 22.7 Å². The molecule has 1 aromatic carbocycles. The Morgan fingerprint density at radius 2 is 2.06 bits per heavy atom. The highest BCUT2D eigenvalue weighted by Gasteiger charge is 2.31. The third-order valence-electron chi connectivity index (χ3n) is 5.28. The molecule has 0 unspecified atom stereocenters. The van der Waals surface area contributed by atoms with E-state index in [1.165, 1.54) is 22.7 Å². The molecule has 1 atom stereocenters. The van der Waals surface area contributed by atoms with Crippen LogP contribution in [0, 0.1) is 5.82 Å². The molecule has 31 heavy (non-hydrogen) atoms. The van der Waals surface area contributed by atoms with Gasteiger partial charge in [0.25, 0.3) is 0 Å². The number of nitrogens with zero attached hydrogens (tertiary/aromatic N) is 4. The van der Waals surface area contributed by atoms with E-state index < -0.39 is 23.7 Å². The Hall–Kier alpha value is -3.08. The number of hydrogen-bond acceptors (Lipinski definition) is 6. The third-order valence-corrected chi connectivity index (χ3v) is 5.28. The molecular weight excluding hydrogens is 418 g/mol. The summed E-state index contributed by atoms with van der Waals surface area (Å²) in [7, 11) is 0. The minimum absolute atomic E-state index is 0.00272. The fraction of sp³-hybridized carbons (Fsp3) is 0.400. The number of piperidine rings is 1. The number of hydrogen-bond donors (Lipinski definition) is 2. The first-order valence-electron chi connectivity index (χ1n) is 9.86. The van der Waals surface area contributed by atoms with Gasteiger partial charge in [-0.25, -0.2) is 4.39 Å². The van der Waals surface area contributed by atoms with Gasteiger partial charge in [-0.2, -0.15) is 0 Å². The van der Waals surface area contributed by atoms with Gasteiger partial charge in [-0.1, -0.05) is 6.92 Å². The predicted octanol–water partition coefficient (Wildman–Crippen LogP) is 4.04. The normalized spacial score (nSPS) is 17.8. The Balaban J connectivity index is 1.68. The number of aromatic nitrogens is 3. The zero-order chi connectivity index (χ0) is 22.2. The average molecular weight is 439 g/mol. The second-order valence-electron chi connectivity index (χ2n) is 7.36. The van der Waals surface area contributed by atoms with E-state index in [1.807, 2.05) is 0 Å². The molecule has 3 heterocycles. The number of likely N-dealkylation sites (N-methyl/N-ethyl adjacent to an activating group) is 1. The zero-order valence-corrected chi connectivity index (χ0v) is 16.7. The highest BCUT2D eigenvalue weighted by atomic mass is 19.4. The summed E-state index contributed by atoms with van der Waals surface area (Å²) in [5, 5.41) is 21.8. The fourth-order valence-corrected chi connectivity index (χ4v) is 3.84. The summed E-state index contributed by atoms with van der Waals surface area (Å²) in [5.41, 5.74) is 0.0920. The van der Waals surface area contributed by atoms with Crippen LogP contribution in [0.5, 0.6) is 11.5 Å². The molecule has 0 bridgehead atoms. The van der Waals surface area contributed by atoms with Crippen molar-refractivity contribution in [3.63, 3.8) is 0 Å². The van der Waals surface area contributed by atoms with Gasteiger partial charge in [0.1, 0.15) is 22.7 Å². The summed E-state index contributed by atoms with van der Waals surface area (Å²) in [6.07, 6.45) is -1.44. The number of fused-ring (bicyclic) bond motifs is 1. The maximum Gasteiger partial charge on any atom is 0.573 e. The van der Waals surface area contributed by atoms with Crippen LogP contribution in [-0.4, -0.2) is 56.6 Å². The number of rotatable bonds is 5. The van der Waals surface area contributed by atoms with E-state index in [0.29, 0.717) is 5.95 Å². The lowest BCUT2D eigenvalue weighted by Crippen LogP contribution is -2.42. The van der Waals surface area contributed by atoms with E-state index in [1.54, 1.807) is 0 Å². The van der Waals surface area contributed by atoms with Crippen molar-refractivity contribution in [2.24, 2.45) is 0 Å². The Bertz CT molecular complexity index is 1090. The number of likely N-dealkylation sites (tertiary alicyclic amines) is 1. The van der Waals surface area contributed by atoms with Crippen molar-refractivity contribution in [3.8, 4) is 22.8 Å². The van der Waals surface area contributed by atoms with Gasteiger partial charge < -0.3 is 20.1 Å². The Morgan fingerprint density at radius 3 is 2.77 bits per heavy atom.